The predicted molar refractivity (Wildman–Crippen MR) is 123 cm³/mol. The molecule has 5 rings (SSSR count). The minimum atomic E-state index is -5.40. The molecule has 2 heterocycles. The molecule has 0 saturated carbocycles. The van der Waals surface area contributed by atoms with Crippen LogP contribution in [0.15, 0.2) is 66.7 Å². The van der Waals surface area contributed by atoms with Crippen molar-refractivity contribution >= 4 is 35.0 Å². The standard InChI is InChI=1S/C25H16F4N4O5/c26-15-8-5-13(6-9-15)12-33-20(34)16-3-1-2-4-17(16)24(33,38-21(35)25(27,28)29)14-7-10-18-19(11-14)31-22(30-18)32-23(36)37/h1-11H,12H2,(H,36,37)(H2,30,31,32). The van der Waals surface area contributed by atoms with Gasteiger partial charge >= 0.3 is 18.2 Å². The van der Waals surface area contributed by atoms with Gasteiger partial charge in [0.05, 0.1) is 17.6 Å². The summed E-state index contributed by atoms with van der Waals surface area (Å²) in [5.41, 5.74) is -1.65. The number of esters is 1. The Morgan fingerprint density at radius 1 is 1.08 bits per heavy atom. The van der Waals surface area contributed by atoms with Crippen molar-refractivity contribution in [3.05, 3.63) is 94.8 Å². The van der Waals surface area contributed by atoms with E-state index in [1.54, 1.807) is 0 Å². The minimum Gasteiger partial charge on any atom is -0.465 e. The van der Waals surface area contributed by atoms with Crippen molar-refractivity contribution in [1.29, 1.82) is 0 Å². The van der Waals surface area contributed by atoms with Gasteiger partial charge in [0.2, 0.25) is 11.7 Å². The lowest BCUT2D eigenvalue weighted by Crippen LogP contribution is -2.49. The smallest absolute Gasteiger partial charge is 0.465 e. The summed E-state index contributed by atoms with van der Waals surface area (Å²) in [6, 6.07) is 14.7. The lowest BCUT2D eigenvalue weighted by Gasteiger charge is -2.39. The van der Waals surface area contributed by atoms with Gasteiger partial charge in [-0.05, 0) is 35.9 Å². The third-order valence-electron chi connectivity index (χ3n) is 5.97. The summed E-state index contributed by atoms with van der Waals surface area (Å²) in [7, 11) is 0. The lowest BCUT2D eigenvalue weighted by molar-refractivity contribution is -0.222. The molecule has 0 fully saturated rings. The Morgan fingerprint density at radius 3 is 2.47 bits per heavy atom. The van der Waals surface area contributed by atoms with E-state index in [4.69, 9.17) is 9.84 Å². The van der Waals surface area contributed by atoms with Crippen LogP contribution in [0, 0.1) is 5.82 Å². The Hall–Kier alpha value is -4.94. The van der Waals surface area contributed by atoms with Gasteiger partial charge in [0.15, 0.2) is 0 Å². The number of anilines is 1. The van der Waals surface area contributed by atoms with E-state index in [0.717, 1.165) is 17.0 Å². The van der Waals surface area contributed by atoms with E-state index >= 15 is 0 Å². The van der Waals surface area contributed by atoms with Crippen LogP contribution in [0.25, 0.3) is 11.0 Å². The Morgan fingerprint density at radius 2 is 1.79 bits per heavy atom. The average molecular weight is 528 g/mol. The molecule has 194 valence electrons. The number of carbonyl (C=O) groups excluding carboxylic acids is 2. The molecule has 0 radical (unpaired) electrons. The summed E-state index contributed by atoms with van der Waals surface area (Å²) < 4.78 is 59.3. The number of carbonyl (C=O) groups is 3. The van der Waals surface area contributed by atoms with Crippen molar-refractivity contribution in [1.82, 2.24) is 14.9 Å². The van der Waals surface area contributed by atoms with E-state index in [1.165, 1.54) is 54.6 Å². The van der Waals surface area contributed by atoms with E-state index in [0.29, 0.717) is 5.56 Å². The molecule has 2 amide bonds. The highest BCUT2D eigenvalue weighted by Gasteiger charge is 2.57. The number of aromatic nitrogens is 2. The van der Waals surface area contributed by atoms with Crippen LogP contribution < -0.4 is 5.32 Å². The summed E-state index contributed by atoms with van der Waals surface area (Å²) >= 11 is 0. The number of H-pyrrole nitrogens is 1. The topological polar surface area (TPSA) is 125 Å². The van der Waals surface area contributed by atoms with Gasteiger partial charge in [0, 0.05) is 16.7 Å². The number of ether oxygens (including phenoxy) is 1. The molecule has 1 unspecified atom stereocenters. The van der Waals surface area contributed by atoms with Crippen molar-refractivity contribution in [3.63, 3.8) is 0 Å². The molecule has 3 aromatic carbocycles. The third-order valence-corrected chi connectivity index (χ3v) is 5.97. The van der Waals surface area contributed by atoms with Crippen LogP contribution in [-0.4, -0.2) is 44.1 Å². The molecule has 1 atom stereocenters. The fraction of sp³-hybridized carbons (Fsp3) is 0.120. The van der Waals surface area contributed by atoms with Crippen molar-refractivity contribution in [2.24, 2.45) is 0 Å². The van der Waals surface area contributed by atoms with Crippen molar-refractivity contribution in [2.75, 3.05) is 5.32 Å². The average Bonchev–Trinajstić information content (AvgIpc) is 3.36. The van der Waals surface area contributed by atoms with Gasteiger partial charge in [-0.1, -0.05) is 36.4 Å². The van der Waals surface area contributed by atoms with Crippen LogP contribution in [-0.2, 0) is 21.8 Å². The van der Waals surface area contributed by atoms with Crippen LogP contribution in [0.5, 0.6) is 0 Å². The molecule has 13 heteroatoms. The monoisotopic (exact) mass is 528 g/mol. The number of hydrogen-bond donors (Lipinski definition) is 3. The lowest BCUT2D eigenvalue weighted by atomic mass is 9.92. The van der Waals surface area contributed by atoms with Crippen LogP contribution >= 0.6 is 0 Å². The molecule has 1 aromatic heterocycles. The second-order valence-corrected chi connectivity index (χ2v) is 8.34. The highest BCUT2D eigenvalue weighted by atomic mass is 19.4. The van der Waals surface area contributed by atoms with E-state index in [-0.39, 0.29) is 40.2 Å². The summed E-state index contributed by atoms with van der Waals surface area (Å²) in [6.07, 6.45) is -6.80. The molecule has 0 aliphatic carbocycles. The number of carboxylic acid groups (broad SMARTS) is 1. The third kappa shape index (κ3) is 4.17. The summed E-state index contributed by atoms with van der Waals surface area (Å²) in [5, 5.41) is 11.0. The van der Waals surface area contributed by atoms with Crippen LogP contribution in [0.4, 0.5) is 28.3 Å². The molecule has 0 spiro atoms. The van der Waals surface area contributed by atoms with Crippen LogP contribution in [0.2, 0.25) is 0 Å². The first-order valence-corrected chi connectivity index (χ1v) is 11.0. The van der Waals surface area contributed by atoms with E-state index < -0.39 is 35.7 Å². The van der Waals surface area contributed by atoms with Crippen LogP contribution in [0.1, 0.15) is 27.0 Å². The second kappa shape index (κ2) is 8.87. The number of nitrogens with zero attached hydrogens (tertiary/aromatic N) is 2. The zero-order chi connectivity index (χ0) is 27.2. The maximum absolute atomic E-state index is 13.6. The largest absolute Gasteiger partial charge is 0.491 e. The summed E-state index contributed by atoms with van der Waals surface area (Å²) in [5.74, 6) is -3.98. The van der Waals surface area contributed by atoms with Crippen molar-refractivity contribution < 1.29 is 41.8 Å². The number of benzene rings is 3. The number of halogens is 4. The SMILES string of the molecule is O=C(O)Nc1nc2ccc(C3(OC(=O)C(F)(F)F)c4ccccc4C(=O)N3Cc3ccc(F)cc3)cc2[nH]1. The van der Waals surface area contributed by atoms with Crippen LogP contribution in [0.3, 0.4) is 0 Å². The number of rotatable bonds is 5. The van der Waals surface area contributed by atoms with Gasteiger partial charge in [0.1, 0.15) is 5.82 Å². The first-order valence-electron chi connectivity index (χ1n) is 11.0. The first-order chi connectivity index (χ1) is 18.0. The Bertz CT molecular complexity index is 1580. The Labute approximate surface area is 210 Å². The number of imidazole rings is 1. The minimum absolute atomic E-state index is 0.00234. The van der Waals surface area contributed by atoms with Gasteiger partial charge in [-0.3, -0.25) is 15.0 Å². The first kappa shape index (κ1) is 24.7. The predicted octanol–water partition coefficient (Wildman–Crippen LogP) is 4.75. The molecule has 4 aromatic rings. The van der Waals surface area contributed by atoms with Gasteiger partial charge in [-0.2, -0.15) is 13.2 Å². The molecule has 1 aliphatic rings. The van der Waals surface area contributed by atoms with E-state index in [1.807, 2.05) is 5.32 Å². The molecule has 0 bridgehead atoms. The molecular weight excluding hydrogens is 512 g/mol. The zero-order valence-corrected chi connectivity index (χ0v) is 19.0. The molecule has 0 saturated heterocycles. The van der Waals surface area contributed by atoms with E-state index in [9.17, 15) is 31.9 Å². The molecule has 9 nitrogen and oxygen atoms in total. The normalized spacial score (nSPS) is 16.9. The maximum Gasteiger partial charge on any atom is 0.491 e. The summed E-state index contributed by atoms with van der Waals surface area (Å²) in [6.45, 7) is -0.342. The zero-order valence-electron chi connectivity index (χ0n) is 19.0. The Balaban J connectivity index is 1.74. The molecule has 38 heavy (non-hydrogen) atoms. The fourth-order valence-electron chi connectivity index (χ4n) is 4.41. The highest BCUT2D eigenvalue weighted by Crippen LogP contribution is 2.47. The summed E-state index contributed by atoms with van der Waals surface area (Å²) in [4.78, 5) is 44.6. The fourth-order valence-corrected chi connectivity index (χ4v) is 4.41. The highest BCUT2D eigenvalue weighted by molar-refractivity contribution is 6.01. The number of amides is 2. The van der Waals surface area contributed by atoms with Gasteiger partial charge in [0.25, 0.3) is 5.91 Å². The number of aromatic amines is 1. The number of alkyl halides is 3. The Kier molecular flexibility index (Phi) is 5.77. The quantitative estimate of drug-likeness (QED) is 0.254. The maximum atomic E-state index is 13.6. The van der Waals surface area contributed by atoms with Crippen molar-refractivity contribution in [2.45, 2.75) is 18.4 Å². The second-order valence-electron chi connectivity index (χ2n) is 8.34. The number of fused-ring (bicyclic) bond motifs is 2. The number of nitrogens with one attached hydrogen (secondary N) is 2. The van der Waals surface area contributed by atoms with Gasteiger partial charge < -0.3 is 14.8 Å². The molecule has 3 N–H and O–H groups in total. The molecule has 1 aliphatic heterocycles. The number of hydrogen-bond acceptors (Lipinski definition) is 5. The van der Waals surface area contributed by atoms with Gasteiger partial charge in [-0.15, -0.1) is 0 Å². The van der Waals surface area contributed by atoms with E-state index in [2.05, 4.69) is 9.97 Å². The molecular formula is C25H16F4N4O5. The van der Waals surface area contributed by atoms with Gasteiger partial charge in [-0.25, -0.2) is 19.0 Å². The van der Waals surface area contributed by atoms with Crippen molar-refractivity contribution in [3.8, 4) is 0 Å².